The molecule has 14 heavy (non-hydrogen) atoms. The Kier molecular flexibility index (Phi) is 3.29. The first kappa shape index (κ1) is 11.6. The number of likely N-dealkylation sites (tertiary alicyclic amines) is 1. The molecule has 0 unspecified atom stereocenters. The highest BCUT2D eigenvalue weighted by molar-refractivity contribution is 6.30. The third kappa shape index (κ3) is 2.53. The molecule has 82 valence electrons. The molecule has 0 bridgehead atoms. The minimum atomic E-state index is -4.20. The lowest BCUT2D eigenvalue weighted by atomic mass is 10.1. The summed E-state index contributed by atoms with van der Waals surface area (Å²) in [4.78, 5) is 12.4. The summed E-state index contributed by atoms with van der Waals surface area (Å²) in [6.07, 6.45) is -4.22. The molecule has 0 aromatic rings. The molecule has 2 nitrogen and oxygen atoms in total. The minimum absolute atomic E-state index is 0.0150. The molecule has 0 N–H and O–H groups in total. The van der Waals surface area contributed by atoms with Crippen molar-refractivity contribution >= 4 is 17.5 Å². The Labute approximate surface area is 85.0 Å². The van der Waals surface area contributed by atoms with E-state index in [-0.39, 0.29) is 19.5 Å². The van der Waals surface area contributed by atoms with Crippen molar-refractivity contribution in [3.05, 3.63) is 0 Å². The third-order valence-electron chi connectivity index (χ3n) is 2.30. The summed E-state index contributed by atoms with van der Waals surface area (Å²) in [5.74, 6) is -1.81. The van der Waals surface area contributed by atoms with Gasteiger partial charge in [-0.15, -0.1) is 11.6 Å². The number of alkyl halides is 4. The molecule has 1 amide bonds. The molecule has 0 aliphatic carbocycles. The van der Waals surface area contributed by atoms with Crippen molar-refractivity contribution < 1.29 is 18.0 Å². The van der Waals surface area contributed by atoms with Gasteiger partial charge in [-0.3, -0.25) is 4.79 Å². The normalized spacial score (nSPS) is 25.2. The molecule has 0 radical (unpaired) electrons. The average Bonchev–Trinajstić information content (AvgIpc) is 2.49. The number of hydrogen-bond acceptors (Lipinski definition) is 1. The SMILES string of the molecule is C[C@@H](Cl)C(=O)N1CC[C@H](C(F)(F)F)C1. The molecule has 0 aromatic heterocycles. The molecule has 1 saturated heterocycles. The van der Waals surface area contributed by atoms with E-state index in [1.807, 2.05) is 0 Å². The van der Waals surface area contributed by atoms with E-state index < -0.39 is 23.4 Å². The highest BCUT2D eigenvalue weighted by Gasteiger charge is 2.44. The fraction of sp³-hybridized carbons (Fsp3) is 0.875. The summed E-state index contributed by atoms with van der Waals surface area (Å²) in [7, 11) is 0. The molecule has 1 aliphatic heterocycles. The van der Waals surface area contributed by atoms with E-state index in [4.69, 9.17) is 11.6 Å². The van der Waals surface area contributed by atoms with Crippen LogP contribution in [0.3, 0.4) is 0 Å². The Morgan fingerprint density at radius 1 is 1.57 bits per heavy atom. The zero-order valence-electron chi connectivity index (χ0n) is 7.64. The van der Waals surface area contributed by atoms with E-state index in [0.29, 0.717) is 0 Å². The van der Waals surface area contributed by atoms with E-state index >= 15 is 0 Å². The van der Waals surface area contributed by atoms with Gasteiger partial charge in [0.1, 0.15) is 5.38 Å². The van der Waals surface area contributed by atoms with Gasteiger partial charge in [0.05, 0.1) is 5.92 Å². The topological polar surface area (TPSA) is 20.3 Å². The Balaban J connectivity index is 2.54. The van der Waals surface area contributed by atoms with E-state index in [0.717, 1.165) is 0 Å². The van der Waals surface area contributed by atoms with Crippen LogP contribution in [0.2, 0.25) is 0 Å². The van der Waals surface area contributed by atoms with Gasteiger partial charge in [-0.05, 0) is 13.3 Å². The highest BCUT2D eigenvalue weighted by atomic mass is 35.5. The molecule has 1 aliphatic rings. The van der Waals surface area contributed by atoms with E-state index in [1.165, 1.54) is 11.8 Å². The Morgan fingerprint density at radius 2 is 2.14 bits per heavy atom. The fourth-order valence-electron chi connectivity index (χ4n) is 1.48. The fourth-order valence-corrected chi connectivity index (χ4v) is 1.62. The summed E-state index contributed by atoms with van der Waals surface area (Å²) in [5.41, 5.74) is 0. The number of carbonyl (C=O) groups is 1. The van der Waals surface area contributed by atoms with Gasteiger partial charge in [-0.2, -0.15) is 13.2 Å². The molecule has 0 spiro atoms. The number of nitrogens with zero attached hydrogens (tertiary/aromatic N) is 1. The van der Waals surface area contributed by atoms with E-state index in [9.17, 15) is 18.0 Å². The number of carbonyl (C=O) groups excluding carboxylic acids is 1. The van der Waals surface area contributed by atoms with Gasteiger partial charge in [-0.1, -0.05) is 0 Å². The number of halogens is 4. The van der Waals surface area contributed by atoms with Crippen LogP contribution < -0.4 is 0 Å². The van der Waals surface area contributed by atoms with Gasteiger partial charge in [0, 0.05) is 13.1 Å². The van der Waals surface area contributed by atoms with Crippen LogP contribution in [0.15, 0.2) is 0 Å². The Morgan fingerprint density at radius 3 is 2.50 bits per heavy atom. The predicted octanol–water partition coefficient (Wildman–Crippen LogP) is 2.02. The largest absolute Gasteiger partial charge is 0.393 e. The first-order valence-corrected chi connectivity index (χ1v) is 4.75. The lowest BCUT2D eigenvalue weighted by Crippen LogP contribution is -2.35. The molecule has 1 rings (SSSR count). The second kappa shape index (κ2) is 3.96. The number of rotatable bonds is 1. The first-order valence-electron chi connectivity index (χ1n) is 4.32. The predicted molar refractivity (Wildman–Crippen MR) is 46.1 cm³/mol. The molecule has 1 heterocycles. The highest BCUT2D eigenvalue weighted by Crippen LogP contribution is 2.33. The summed E-state index contributed by atoms with van der Waals surface area (Å²) in [5, 5.41) is -0.748. The average molecular weight is 230 g/mol. The maximum atomic E-state index is 12.2. The zero-order valence-corrected chi connectivity index (χ0v) is 8.40. The van der Waals surface area contributed by atoms with Gasteiger partial charge in [0.2, 0.25) is 5.91 Å². The van der Waals surface area contributed by atoms with Gasteiger partial charge < -0.3 is 4.90 Å². The van der Waals surface area contributed by atoms with E-state index in [2.05, 4.69) is 0 Å². The lowest BCUT2D eigenvalue weighted by molar-refractivity contribution is -0.171. The number of hydrogen-bond donors (Lipinski definition) is 0. The van der Waals surface area contributed by atoms with Crippen LogP contribution in [-0.4, -0.2) is 35.4 Å². The van der Waals surface area contributed by atoms with Crippen LogP contribution in [-0.2, 0) is 4.79 Å². The molecule has 0 aromatic carbocycles. The Bertz CT molecular complexity index is 229. The standard InChI is InChI=1S/C8H11ClF3NO/c1-5(9)7(14)13-3-2-6(4-13)8(10,11)12/h5-6H,2-4H2,1H3/t5-,6+/m1/s1. The summed E-state index contributed by atoms with van der Waals surface area (Å²) in [6.45, 7) is 1.37. The second-order valence-corrected chi connectivity index (χ2v) is 4.08. The molecular formula is C8H11ClF3NO. The van der Waals surface area contributed by atoms with Crippen molar-refractivity contribution in [3.63, 3.8) is 0 Å². The lowest BCUT2D eigenvalue weighted by Gasteiger charge is -2.18. The quantitative estimate of drug-likeness (QED) is 0.630. The van der Waals surface area contributed by atoms with Crippen LogP contribution in [0.25, 0.3) is 0 Å². The molecular weight excluding hydrogens is 219 g/mol. The van der Waals surface area contributed by atoms with Gasteiger partial charge >= 0.3 is 6.18 Å². The summed E-state index contributed by atoms with van der Waals surface area (Å²) in [6, 6.07) is 0. The maximum absolute atomic E-state index is 12.2. The second-order valence-electron chi connectivity index (χ2n) is 3.43. The zero-order chi connectivity index (χ0) is 10.9. The van der Waals surface area contributed by atoms with Crippen molar-refractivity contribution in [2.45, 2.75) is 24.9 Å². The molecule has 2 atom stereocenters. The smallest absolute Gasteiger partial charge is 0.341 e. The first-order chi connectivity index (χ1) is 6.32. The molecule has 6 heteroatoms. The maximum Gasteiger partial charge on any atom is 0.393 e. The van der Waals surface area contributed by atoms with Crippen molar-refractivity contribution in [3.8, 4) is 0 Å². The molecule has 0 saturated carbocycles. The van der Waals surface area contributed by atoms with Crippen molar-refractivity contribution in [2.24, 2.45) is 5.92 Å². The third-order valence-corrected chi connectivity index (χ3v) is 2.49. The number of amides is 1. The van der Waals surface area contributed by atoms with Crippen LogP contribution in [0.5, 0.6) is 0 Å². The van der Waals surface area contributed by atoms with Crippen LogP contribution in [0.1, 0.15) is 13.3 Å². The minimum Gasteiger partial charge on any atom is -0.341 e. The van der Waals surface area contributed by atoms with Gasteiger partial charge in [-0.25, -0.2) is 0 Å². The molecule has 1 fully saturated rings. The van der Waals surface area contributed by atoms with Crippen LogP contribution in [0.4, 0.5) is 13.2 Å². The monoisotopic (exact) mass is 229 g/mol. The van der Waals surface area contributed by atoms with Crippen molar-refractivity contribution in [1.29, 1.82) is 0 Å². The Hall–Kier alpha value is -0.450. The van der Waals surface area contributed by atoms with Crippen LogP contribution >= 0.6 is 11.6 Å². The van der Waals surface area contributed by atoms with Gasteiger partial charge in [0.25, 0.3) is 0 Å². The van der Waals surface area contributed by atoms with Crippen molar-refractivity contribution in [2.75, 3.05) is 13.1 Å². The van der Waals surface area contributed by atoms with E-state index in [1.54, 1.807) is 0 Å². The van der Waals surface area contributed by atoms with Crippen molar-refractivity contribution in [1.82, 2.24) is 4.90 Å². The van der Waals surface area contributed by atoms with Crippen LogP contribution in [0, 0.1) is 5.92 Å². The summed E-state index contributed by atoms with van der Waals surface area (Å²) < 4.78 is 36.7. The van der Waals surface area contributed by atoms with Gasteiger partial charge in [0.15, 0.2) is 0 Å². The summed E-state index contributed by atoms with van der Waals surface area (Å²) >= 11 is 5.50.